The molecule has 0 radical (unpaired) electrons. The van der Waals surface area contributed by atoms with Crippen LogP contribution in [0.3, 0.4) is 0 Å². The second-order valence-corrected chi connectivity index (χ2v) is 5.46. The Labute approximate surface area is 116 Å². The van der Waals surface area contributed by atoms with Gasteiger partial charge in [0.05, 0.1) is 6.10 Å². The molecule has 2 nitrogen and oxygen atoms in total. The molecule has 1 aromatic rings. The molecule has 3 unspecified atom stereocenters. The number of benzene rings is 1. The largest absolute Gasteiger partial charge is 0.382 e. The molecule has 1 N–H and O–H groups in total. The van der Waals surface area contributed by atoms with Crippen molar-refractivity contribution in [2.24, 2.45) is 5.41 Å². The van der Waals surface area contributed by atoms with Crippen LogP contribution in [-0.2, 0) is 4.74 Å². The fourth-order valence-electron chi connectivity index (χ4n) is 2.87. The first kappa shape index (κ1) is 14.0. The van der Waals surface area contributed by atoms with E-state index >= 15 is 0 Å². The lowest BCUT2D eigenvalue weighted by atomic mass is 9.61. The minimum absolute atomic E-state index is 0.210. The van der Waals surface area contributed by atoms with Gasteiger partial charge in [0.15, 0.2) is 0 Å². The summed E-state index contributed by atoms with van der Waals surface area (Å²) in [6.45, 7) is 7.39. The molecule has 1 aromatic carbocycles. The van der Waals surface area contributed by atoms with Crippen molar-refractivity contribution in [2.75, 3.05) is 11.9 Å². The zero-order valence-electron chi connectivity index (χ0n) is 12.1. The van der Waals surface area contributed by atoms with E-state index in [2.05, 4.69) is 38.1 Å². The van der Waals surface area contributed by atoms with Crippen LogP contribution in [0.25, 0.3) is 0 Å². The Bertz CT molecular complexity index is 476. The van der Waals surface area contributed by atoms with Gasteiger partial charge in [0.2, 0.25) is 0 Å². The Balaban J connectivity index is 2.06. The molecule has 0 spiro atoms. The summed E-state index contributed by atoms with van der Waals surface area (Å²) in [6, 6.07) is 8.52. The lowest BCUT2D eigenvalue weighted by Crippen LogP contribution is -2.59. The van der Waals surface area contributed by atoms with Gasteiger partial charge in [-0.2, -0.15) is 0 Å². The summed E-state index contributed by atoms with van der Waals surface area (Å²) in [7, 11) is 0. The van der Waals surface area contributed by atoms with E-state index in [1.165, 1.54) is 0 Å². The molecule has 1 fully saturated rings. The number of hydrogen-bond donors (Lipinski definition) is 1. The predicted molar refractivity (Wildman–Crippen MR) is 80.2 cm³/mol. The van der Waals surface area contributed by atoms with Crippen LogP contribution >= 0.6 is 0 Å². The van der Waals surface area contributed by atoms with Crippen LogP contribution < -0.4 is 5.32 Å². The average molecular weight is 257 g/mol. The Kier molecular flexibility index (Phi) is 4.17. The molecular weight excluding hydrogens is 234 g/mol. The highest BCUT2D eigenvalue weighted by Crippen LogP contribution is 2.47. The lowest BCUT2D eigenvalue weighted by Gasteiger charge is -2.54. The normalized spacial score (nSPS) is 29.4. The van der Waals surface area contributed by atoms with Gasteiger partial charge in [-0.15, -0.1) is 6.42 Å². The Morgan fingerprint density at radius 3 is 2.89 bits per heavy atom. The zero-order valence-corrected chi connectivity index (χ0v) is 12.1. The highest BCUT2D eigenvalue weighted by atomic mass is 16.5. The minimum Gasteiger partial charge on any atom is -0.382 e. The maximum Gasteiger partial charge on any atom is 0.0667 e. The van der Waals surface area contributed by atoms with Crippen molar-refractivity contribution < 1.29 is 4.74 Å². The van der Waals surface area contributed by atoms with Crippen LogP contribution in [0.15, 0.2) is 24.3 Å². The number of ether oxygens (including phenoxy) is 1. The number of terminal acetylenes is 1. The van der Waals surface area contributed by atoms with Gasteiger partial charge in [-0.1, -0.05) is 25.8 Å². The second kappa shape index (κ2) is 5.67. The molecule has 19 heavy (non-hydrogen) atoms. The van der Waals surface area contributed by atoms with E-state index in [0.717, 1.165) is 30.7 Å². The summed E-state index contributed by atoms with van der Waals surface area (Å²) in [5, 5.41) is 3.61. The molecular formula is C17H23NO. The number of nitrogens with one attached hydrogen (secondary N) is 1. The maximum atomic E-state index is 5.82. The second-order valence-electron chi connectivity index (χ2n) is 5.46. The van der Waals surface area contributed by atoms with Crippen LogP contribution in [0.5, 0.6) is 0 Å². The molecule has 2 heteroatoms. The van der Waals surface area contributed by atoms with Crippen LogP contribution in [0.2, 0.25) is 0 Å². The van der Waals surface area contributed by atoms with Crippen molar-refractivity contribution in [2.45, 2.75) is 45.8 Å². The van der Waals surface area contributed by atoms with E-state index in [9.17, 15) is 0 Å². The number of anilines is 1. The molecule has 3 atom stereocenters. The van der Waals surface area contributed by atoms with Gasteiger partial charge in [0.25, 0.3) is 0 Å². The monoisotopic (exact) mass is 257 g/mol. The number of hydrogen-bond acceptors (Lipinski definition) is 2. The van der Waals surface area contributed by atoms with Crippen molar-refractivity contribution in [3.05, 3.63) is 29.8 Å². The van der Waals surface area contributed by atoms with Gasteiger partial charge in [-0.3, -0.25) is 0 Å². The van der Waals surface area contributed by atoms with Gasteiger partial charge in [0, 0.05) is 29.3 Å². The minimum atomic E-state index is 0.210. The molecule has 0 aromatic heterocycles. The van der Waals surface area contributed by atoms with Gasteiger partial charge >= 0.3 is 0 Å². The molecule has 1 saturated carbocycles. The first-order chi connectivity index (χ1) is 9.13. The van der Waals surface area contributed by atoms with E-state index in [4.69, 9.17) is 11.2 Å². The third-order valence-corrected chi connectivity index (χ3v) is 4.48. The van der Waals surface area contributed by atoms with Gasteiger partial charge < -0.3 is 10.1 Å². The quantitative estimate of drug-likeness (QED) is 0.813. The van der Waals surface area contributed by atoms with Crippen LogP contribution in [0.1, 0.15) is 39.2 Å². The molecule has 0 bridgehead atoms. The predicted octanol–water partition coefficient (Wildman–Crippen LogP) is 3.67. The topological polar surface area (TPSA) is 21.3 Å². The van der Waals surface area contributed by atoms with Crippen LogP contribution in [0.4, 0.5) is 5.69 Å². The standard InChI is InChI=1S/C17H23NO/c1-5-13-9-8-10-14(11-13)18-15-12-16(19-7-3)17(15,4)6-2/h1,8-11,15-16,18H,6-7,12H2,2-4H3. The van der Waals surface area contributed by atoms with E-state index < -0.39 is 0 Å². The fourth-order valence-corrected chi connectivity index (χ4v) is 2.87. The van der Waals surface area contributed by atoms with Crippen molar-refractivity contribution >= 4 is 5.69 Å². The molecule has 102 valence electrons. The summed E-state index contributed by atoms with van der Waals surface area (Å²) in [6.07, 6.45) is 7.99. The number of rotatable bonds is 5. The zero-order chi connectivity index (χ0) is 13.9. The Morgan fingerprint density at radius 1 is 1.47 bits per heavy atom. The highest BCUT2D eigenvalue weighted by Gasteiger charge is 2.51. The highest BCUT2D eigenvalue weighted by molar-refractivity contribution is 5.51. The molecule has 0 amide bonds. The summed E-state index contributed by atoms with van der Waals surface area (Å²) in [5.41, 5.74) is 2.24. The van der Waals surface area contributed by atoms with Crippen molar-refractivity contribution in [1.82, 2.24) is 0 Å². The summed E-state index contributed by atoms with van der Waals surface area (Å²) >= 11 is 0. The molecule has 0 aliphatic heterocycles. The van der Waals surface area contributed by atoms with Gasteiger partial charge in [0.1, 0.15) is 0 Å². The molecule has 1 aliphatic rings. The summed E-state index contributed by atoms with van der Waals surface area (Å²) in [5.74, 6) is 2.68. The van der Waals surface area contributed by atoms with E-state index in [1.807, 2.05) is 18.2 Å². The average Bonchev–Trinajstić information content (AvgIpc) is 2.45. The van der Waals surface area contributed by atoms with E-state index in [-0.39, 0.29) is 5.41 Å². The molecule has 1 aliphatic carbocycles. The van der Waals surface area contributed by atoms with Crippen LogP contribution in [0, 0.1) is 17.8 Å². The van der Waals surface area contributed by atoms with Crippen LogP contribution in [-0.4, -0.2) is 18.8 Å². The Morgan fingerprint density at radius 2 is 2.26 bits per heavy atom. The van der Waals surface area contributed by atoms with Crippen molar-refractivity contribution in [3.8, 4) is 12.3 Å². The fraction of sp³-hybridized carbons (Fsp3) is 0.529. The molecule has 0 heterocycles. The third-order valence-electron chi connectivity index (χ3n) is 4.48. The van der Waals surface area contributed by atoms with Crippen molar-refractivity contribution in [1.29, 1.82) is 0 Å². The van der Waals surface area contributed by atoms with E-state index in [1.54, 1.807) is 0 Å². The third kappa shape index (κ3) is 2.62. The summed E-state index contributed by atoms with van der Waals surface area (Å²) < 4.78 is 5.82. The first-order valence-corrected chi connectivity index (χ1v) is 7.08. The smallest absolute Gasteiger partial charge is 0.0667 e. The lowest BCUT2D eigenvalue weighted by molar-refractivity contribution is -0.109. The molecule has 2 rings (SSSR count). The summed E-state index contributed by atoms with van der Waals surface area (Å²) in [4.78, 5) is 0. The molecule has 0 saturated heterocycles. The Hall–Kier alpha value is -1.46. The van der Waals surface area contributed by atoms with Gasteiger partial charge in [-0.25, -0.2) is 0 Å². The maximum absolute atomic E-state index is 5.82. The van der Waals surface area contributed by atoms with Gasteiger partial charge in [-0.05, 0) is 38.0 Å². The SMILES string of the molecule is C#Cc1cccc(NC2CC(OCC)C2(C)CC)c1. The first-order valence-electron chi connectivity index (χ1n) is 7.08. The van der Waals surface area contributed by atoms with Crippen molar-refractivity contribution in [3.63, 3.8) is 0 Å². The van der Waals surface area contributed by atoms with E-state index in [0.29, 0.717) is 12.1 Å².